The van der Waals surface area contributed by atoms with Crippen molar-refractivity contribution < 1.29 is 20.6 Å². The van der Waals surface area contributed by atoms with Crippen molar-refractivity contribution in [1.82, 2.24) is 3.13 Å². The van der Waals surface area contributed by atoms with Crippen LogP contribution in [0.25, 0.3) is 0 Å². The maximum atomic E-state index is 5.48. The van der Waals surface area contributed by atoms with E-state index in [1.165, 1.54) is 0 Å². The summed E-state index contributed by atoms with van der Waals surface area (Å²) in [5.74, 6) is 0. The van der Waals surface area contributed by atoms with Crippen molar-refractivity contribution in [3.05, 3.63) is 0 Å². The molecule has 0 aromatic heterocycles. The van der Waals surface area contributed by atoms with Gasteiger partial charge in [-0.3, -0.25) is 0 Å². The van der Waals surface area contributed by atoms with Crippen LogP contribution in [0.1, 0.15) is 0 Å². The van der Waals surface area contributed by atoms with E-state index in [1.807, 2.05) is 0 Å². The summed E-state index contributed by atoms with van der Waals surface area (Å²) in [5.41, 5.74) is 5.13. The molecule has 0 bridgehead atoms. The number of nitrogens with one attached hydrogen (secondary N) is 1. The van der Waals surface area contributed by atoms with Crippen LogP contribution in [0, 0.1) is 0 Å². The van der Waals surface area contributed by atoms with Gasteiger partial charge in [0.15, 0.2) is 0 Å². The molecule has 3 N–H and O–H groups in total. The SMILES string of the molecule is NCC[NH][Cd]([Cl])[Cl]. The fraction of sp³-hybridized carbons (Fsp3) is 1.00. The summed E-state index contributed by atoms with van der Waals surface area (Å²) in [6.45, 7) is 1.38. The molecular weight excluding hydrogens is 235 g/mol. The molecule has 0 aliphatic heterocycles. The molecule has 0 aliphatic rings. The van der Waals surface area contributed by atoms with Gasteiger partial charge >= 0.3 is 59.1 Å². The molecule has 0 rings (SSSR count). The van der Waals surface area contributed by atoms with Crippen LogP contribution in [0.5, 0.6) is 0 Å². The number of rotatable bonds is 3. The van der Waals surface area contributed by atoms with Crippen LogP contribution in [-0.2, 0) is 20.6 Å². The van der Waals surface area contributed by atoms with E-state index < -0.39 is 20.6 Å². The van der Waals surface area contributed by atoms with Crippen LogP contribution >= 0.6 is 16.6 Å². The molecule has 0 saturated carbocycles. The van der Waals surface area contributed by atoms with Gasteiger partial charge in [-0.15, -0.1) is 0 Å². The van der Waals surface area contributed by atoms with Gasteiger partial charge in [-0.05, 0) is 0 Å². The van der Waals surface area contributed by atoms with Crippen molar-refractivity contribution in [2.75, 3.05) is 13.1 Å². The van der Waals surface area contributed by atoms with E-state index in [1.54, 1.807) is 0 Å². The monoisotopic (exact) mass is 243 g/mol. The second-order valence-electron chi connectivity index (χ2n) is 1.16. The summed E-state index contributed by atoms with van der Waals surface area (Å²) in [4.78, 5) is 0. The molecule has 2 nitrogen and oxygen atoms in total. The van der Waals surface area contributed by atoms with Crippen molar-refractivity contribution in [2.45, 2.75) is 0 Å². The molecule has 7 heavy (non-hydrogen) atoms. The van der Waals surface area contributed by atoms with E-state index in [0.717, 1.165) is 6.54 Å². The zero-order chi connectivity index (χ0) is 5.70. The van der Waals surface area contributed by atoms with Gasteiger partial charge in [0.1, 0.15) is 0 Å². The second kappa shape index (κ2) is 5.56. The Bertz CT molecular complexity index is 42.7. The number of hydrogen-bond acceptors (Lipinski definition) is 2. The maximum absolute atomic E-state index is 5.48. The van der Waals surface area contributed by atoms with Crippen LogP contribution in [-0.4, -0.2) is 13.1 Å². The van der Waals surface area contributed by atoms with Crippen LogP contribution in [0.4, 0.5) is 0 Å². The summed E-state index contributed by atoms with van der Waals surface area (Å²) in [7, 11) is 11.0. The topological polar surface area (TPSA) is 38.0 Å². The molecule has 5 heteroatoms. The van der Waals surface area contributed by atoms with Gasteiger partial charge in [0.25, 0.3) is 0 Å². The Morgan fingerprint density at radius 1 is 1.57 bits per heavy atom. The Hall–Kier alpha value is 1.42. The van der Waals surface area contributed by atoms with E-state index >= 15 is 0 Å². The Kier molecular flexibility index (Phi) is 6.69. The molecule has 0 aliphatic carbocycles. The van der Waals surface area contributed by atoms with E-state index in [0.29, 0.717) is 6.54 Å². The van der Waals surface area contributed by atoms with Gasteiger partial charge in [-0.1, -0.05) is 0 Å². The van der Waals surface area contributed by atoms with Gasteiger partial charge in [0.05, 0.1) is 0 Å². The summed E-state index contributed by atoms with van der Waals surface area (Å²) >= 11 is -2.24. The summed E-state index contributed by atoms with van der Waals surface area (Å²) < 4.78 is 2.92. The normalized spacial score (nSPS) is 9.00. The summed E-state index contributed by atoms with van der Waals surface area (Å²) in [5, 5.41) is 0. The van der Waals surface area contributed by atoms with Crippen molar-refractivity contribution in [3.63, 3.8) is 0 Å². The molecule has 41 valence electrons. The first-order chi connectivity index (χ1) is 3.27. The standard InChI is InChI=1S/C2H7N2.Cd.2ClH/c3-1-2-4;;;/h3H,1-2,4H2;;2*1H/q-1;+3;;/p-2. The molecule has 0 amide bonds. The third-order valence-electron chi connectivity index (χ3n) is 0.510. The van der Waals surface area contributed by atoms with Crippen molar-refractivity contribution in [3.8, 4) is 0 Å². The predicted octanol–water partition coefficient (Wildman–Crippen LogP) is 0.375. The van der Waals surface area contributed by atoms with Crippen LogP contribution in [0.3, 0.4) is 0 Å². The fourth-order valence-corrected chi connectivity index (χ4v) is 3.37. The third-order valence-corrected chi connectivity index (χ3v) is 5.13. The van der Waals surface area contributed by atoms with Crippen LogP contribution in [0.2, 0.25) is 0 Å². The Balaban J connectivity index is 2.68. The summed E-state index contributed by atoms with van der Waals surface area (Å²) in [6.07, 6.45) is 0. The first kappa shape index (κ1) is 8.42. The minimum atomic E-state index is -2.24. The Labute approximate surface area is 58.8 Å². The molecule has 0 spiro atoms. The number of nitrogens with two attached hydrogens (primary N) is 1. The Morgan fingerprint density at radius 3 is 2.29 bits per heavy atom. The van der Waals surface area contributed by atoms with Crippen LogP contribution < -0.4 is 8.86 Å². The zero-order valence-corrected chi connectivity index (χ0v) is 9.50. The van der Waals surface area contributed by atoms with Gasteiger partial charge in [0, 0.05) is 0 Å². The minimum absolute atomic E-state index is 0.621. The molecule has 0 radical (unpaired) electrons. The summed E-state index contributed by atoms with van der Waals surface area (Å²) in [6, 6.07) is 0. The van der Waals surface area contributed by atoms with Gasteiger partial charge in [0.2, 0.25) is 0 Å². The molecule has 0 fully saturated rings. The molecule has 0 aromatic rings. The van der Waals surface area contributed by atoms with E-state index in [-0.39, 0.29) is 0 Å². The van der Waals surface area contributed by atoms with Crippen LogP contribution in [0.15, 0.2) is 0 Å². The van der Waals surface area contributed by atoms with E-state index in [2.05, 4.69) is 3.13 Å². The molecule has 0 unspecified atom stereocenters. The second-order valence-corrected chi connectivity index (χ2v) is 13.7. The zero-order valence-electron chi connectivity index (χ0n) is 3.95. The first-order valence-electron chi connectivity index (χ1n) is 2.15. The van der Waals surface area contributed by atoms with E-state index in [4.69, 9.17) is 22.4 Å². The molecule has 0 atom stereocenters. The van der Waals surface area contributed by atoms with Gasteiger partial charge in [-0.2, -0.15) is 0 Å². The third kappa shape index (κ3) is 7.42. The molecule has 0 saturated heterocycles. The Morgan fingerprint density at radius 2 is 2.14 bits per heavy atom. The van der Waals surface area contributed by atoms with Crippen molar-refractivity contribution in [2.24, 2.45) is 5.73 Å². The molecule has 0 heterocycles. The number of halogens is 2. The van der Waals surface area contributed by atoms with Crippen molar-refractivity contribution >= 4 is 16.6 Å². The van der Waals surface area contributed by atoms with Gasteiger partial charge < -0.3 is 0 Å². The molecule has 0 aromatic carbocycles. The van der Waals surface area contributed by atoms with E-state index in [9.17, 15) is 0 Å². The average molecular weight is 242 g/mol. The van der Waals surface area contributed by atoms with Gasteiger partial charge in [-0.25, -0.2) is 0 Å². The molecular formula is C2H7CdCl2N2. The van der Waals surface area contributed by atoms with Crippen molar-refractivity contribution in [1.29, 1.82) is 0 Å². The average Bonchev–Trinajstić information content (AvgIpc) is 1.61. The fourth-order valence-electron chi connectivity index (χ4n) is 0.236. The first-order valence-corrected chi connectivity index (χ1v) is 14.4. The quantitative estimate of drug-likeness (QED) is 0.702. The predicted molar refractivity (Wildman–Crippen MR) is 28.8 cm³/mol. The number of hydrogen-bond donors (Lipinski definition) is 2.